The van der Waals surface area contributed by atoms with Gasteiger partial charge in [0.1, 0.15) is 17.3 Å². The second-order valence-electron chi connectivity index (χ2n) is 4.26. The Labute approximate surface area is 119 Å². The molecule has 1 unspecified atom stereocenters. The number of pyridine rings is 1. The van der Waals surface area contributed by atoms with Crippen molar-refractivity contribution in [1.29, 1.82) is 0 Å². The van der Waals surface area contributed by atoms with Crippen LogP contribution >= 0.6 is 15.9 Å². The Morgan fingerprint density at radius 3 is 2.68 bits per heavy atom. The molecule has 0 radical (unpaired) electrons. The highest BCUT2D eigenvalue weighted by Gasteiger charge is 2.14. The largest absolute Gasteiger partial charge is 0.455 e. The summed E-state index contributed by atoms with van der Waals surface area (Å²) < 4.78 is 20.0. The summed E-state index contributed by atoms with van der Waals surface area (Å²) in [6.45, 7) is 3.21. The maximum Gasteiger partial charge on any atom is 0.146 e. The van der Waals surface area contributed by atoms with Crippen molar-refractivity contribution < 1.29 is 14.2 Å². The number of aromatic nitrogens is 1. The van der Waals surface area contributed by atoms with Crippen LogP contribution < -0.4 is 4.74 Å². The van der Waals surface area contributed by atoms with Crippen molar-refractivity contribution in [3.63, 3.8) is 0 Å². The number of ether oxygens (including phenoxy) is 1. The molecule has 1 atom stereocenters. The van der Waals surface area contributed by atoms with Crippen molar-refractivity contribution in [2.24, 2.45) is 0 Å². The van der Waals surface area contributed by atoms with Gasteiger partial charge in [-0.2, -0.15) is 0 Å². The minimum atomic E-state index is -0.815. The van der Waals surface area contributed by atoms with Gasteiger partial charge >= 0.3 is 0 Å². The third kappa shape index (κ3) is 3.30. The van der Waals surface area contributed by atoms with Crippen molar-refractivity contribution in [3.8, 4) is 11.5 Å². The van der Waals surface area contributed by atoms with E-state index in [1.807, 2.05) is 0 Å². The van der Waals surface area contributed by atoms with Gasteiger partial charge in [0, 0.05) is 16.2 Å². The average molecular weight is 326 g/mol. The van der Waals surface area contributed by atoms with Crippen LogP contribution in [-0.4, -0.2) is 10.1 Å². The molecule has 0 aliphatic heterocycles. The summed E-state index contributed by atoms with van der Waals surface area (Å²) >= 11 is 3.30. The lowest BCUT2D eigenvalue weighted by Crippen LogP contribution is -1.99. The molecule has 19 heavy (non-hydrogen) atoms. The molecule has 2 rings (SSSR count). The van der Waals surface area contributed by atoms with Crippen molar-refractivity contribution in [1.82, 2.24) is 4.98 Å². The molecule has 0 saturated carbocycles. The van der Waals surface area contributed by atoms with E-state index in [-0.39, 0.29) is 5.82 Å². The number of hydrogen-bond acceptors (Lipinski definition) is 3. The first-order valence-electron chi connectivity index (χ1n) is 5.74. The fraction of sp³-hybridized carbons (Fsp3) is 0.214. The first-order chi connectivity index (χ1) is 8.97. The number of benzene rings is 1. The van der Waals surface area contributed by atoms with Crippen LogP contribution in [0.1, 0.15) is 24.2 Å². The highest BCUT2D eigenvalue weighted by atomic mass is 79.9. The van der Waals surface area contributed by atoms with Gasteiger partial charge in [0.15, 0.2) is 0 Å². The first-order valence-corrected chi connectivity index (χ1v) is 6.53. The average Bonchev–Trinajstić information content (AvgIpc) is 2.33. The molecular weight excluding hydrogens is 313 g/mol. The Morgan fingerprint density at radius 1 is 1.32 bits per heavy atom. The van der Waals surface area contributed by atoms with Crippen molar-refractivity contribution in [2.45, 2.75) is 20.0 Å². The number of hydrogen-bond donors (Lipinski definition) is 1. The number of aryl methyl sites for hydroxylation is 1. The highest BCUT2D eigenvalue weighted by Crippen LogP contribution is 2.32. The van der Waals surface area contributed by atoms with Crippen molar-refractivity contribution in [3.05, 3.63) is 52.0 Å². The third-order valence-electron chi connectivity index (χ3n) is 2.65. The first kappa shape index (κ1) is 14.0. The zero-order valence-corrected chi connectivity index (χ0v) is 12.1. The molecule has 1 aromatic carbocycles. The molecule has 1 heterocycles. The van der Waals surface area contributed by atoms with Crippen LogP contribution in [0.2, 0.25) is 0 Å². The van der Waals surface area contributed by atoms with Crippen LogP contribution in [0, 0.1) is 12.7 Å². The molecule has 1 aromatic heterocycles. The summed E-state index contributed by atoms with van der Waals surface area (Å²) in [5.74, 6) is 0.576. The Hall–Kier alpha value is -1.46. The van der Waals surface area contributed by atoms with Gasteiger partial charge in [-0.1, -0.05) is 0 Å². The standard InChI is InChI=1S/C14H13BrFNO2/c1-8-3-14(12(9(2)18)5-13(8)16)19-11-4-10(15)6-17-7-11/h3-7,9,18H,1-2H3. The highest BCUT2D eigenvalue weighted by molar-refractivity contribution is 9.10. The number of rotatable bonds is 3. The summed E-state index contributed by atoms with van der Waals surface area (Å²) in [4.78, 5) is 3.99. The van der Waals surface area contributed by atoms with Crippen molar-refractivity contribution in [2.75, 3.05) is 0 Å². The normalized spacial score (nSPS) is 12.3. The molecule has 0 aliphatic carbocycles. The zero-order chi connectivity index (χ0) is 14.0. The van der Waals surface area contributed by atoms with Gasteiger partial charge in [0.05, 0.1) is 12.3 Å². The zero-order valence-electron chi connectivity index (χ0n) is 10.5. The molecule has 3 nitrogen and oxygen atoms in total. The maximum atomic E-state index is 13.5. The molecule has 0 bridgehead atoms. The second kappa shape index (κ2) is 5.67. The molecule has 0 fully saturated rings. The quantitative estimate of drug-likeness (QED) is 0.922. The summed E-state index contributed by atoms with van der Waals surface area (Å²) in [6.07, 6.45) is 2.37. The van der Waals surface area contributed by atoms with Gasteiger partial charge in [0.25, 0.3) is 0 Å². The van der Waals surface area contributed by atoms with Crippen LogP contribution in [0.3, 0.4) is 0 Å². The Morgan fingerprint density at radius 2 is 2.05 bits per heavy atom. The topological polar surface area (TPSA) is 42.4 Å². The lowest BCUT2D eigenvalue weighted by Gasteiger charge is -2.14. The van der Waals surface area contributed by atoms with Crippen LogP contribution in [0.5, 0.6) is 11.5 Å². The van der Waals surface area contributed by atoms with Crippen LogP contribution in [0.4, 0.5) is 4.39 Å². The molecule has 0 saturated heterocycles. The molecular formula is C14H13BrFNO2. The smallest absolute Gasteiger partial charge is 0.146 e. The summed E-state index contributed by atoms with van der Waals surface area (Å²) in [7, 11) is 0. The summed E-state index contributed by atoms with van der Waals surface area (Å²) in [6, 6.07) is 4.61. The fourth-order valence-corrected chi connectivity index (χ4v) is 2.00. The predicted octanol–water partition coefficient (Wildman–Crippen LogP) is 4.14. The van der Waals surface area contributed by atoms with Crippen LogP contribution in [0.25, 0.3) is 0 Å². The van der Waals surface area contributed by atoms with Gasteiger partial charge < -0.3 is 9.84 Å². The number of halogens is 2. The maximum absolute atomic E-state index is 13.5. The van der Waals surface area contributed by atoms with E-state index < -0.39 is 6.10 Å². The molecule has 0 aliphatic rings. The van der Waals surface area contributed by atoms with Gasteiger partial charge in [0.2, 0.25) is 0 Å². The fourth-order valence-electron chi connectivity index (χ4n) is 1.66. The SMILES string of the molecule is Cc1cc(Oc2cncc(Br)c2)c(C(C)O)cc1F. The minimum absolute atomic E-state index is 0.365. The van der Waals surface area contributed by atoms with E-state index in [9.17, 15) is 9.50 Å². The minimum Gasteiger partial charge on any atom is -0.455 e. The van der Waals surface area contributed by atoms with E-state index in [0.29, 0.717) is 22.6 Å². The molecule has 5 heteroatoms. The number of aliphatic hydroxyl groups excluding tert-OH is 1. The van der Waals surface area contributed by atoms with Gasteiger partial charge in [-0.15, -0.1) is 0 Å². The van der Waals surface area contributed by atoms with E-state index >= 15 is 0 Å². The molecule has 1 N–H and O–H groups in total. The third-order valence-corrected chi connectivity index (χ3v) is 3.08. The number of nitrogens with zero attached hydrogens (tertiary/aromatic N) is 1. The van der Waals surface area contributed by atoms with E-state index in [4.69, 9.17) is 4.74 Å². The second-order valence-corrected chi connectivity index (χ2v) is 5.17. The van der Waals surface area contributed by atoms with Gasteiger partial charge in [-0.05, 0) is 53.5 Å². The lowest BCUT2D eigenvalue weighted by atomic mass is 10.1. The van der Waals surface area contributed by atoms with Crippen LogP contribution in [-0.2, 0) is 0 Å². The van der Waals surface area contributed by atoms with Gasteiger partial charge in [-0.25, -0.2) is 4.39 Å². The summed E-state index contributed by atoms with van der Waals surface area (Å²) in [5.41, 5.74) is 0.866. The summed E-state index contributed by atoms with van der Waals surface area (Å²) in [5, 5.41) is 9.68. The lowest BCUT2D eigenvalue weighted by molar-refractivity contribution is 0.195. The van der Waals surface area contributed by atoms with E-state index in [2.05, 4.69) is 20.9 Å². The molecule has 2 aromatic rings. The Bertz CT molecular complexity index is 602. The predicted molar refractivity (Wildman–Crippen MR) is 73.8 cm³/mol. The molecule has 0 spiro atoms. The van der Waals surface area contributed by atoms with Crippen molar-refractivity contribution >= 4 is 15.9 Å². The molecule has 100 valence electrons. The van der Waals surface area contributed by atoms with E-state index in [1.165, 1.54) is 6.07 Å². The Balaban J connectivity index is 2.41. The Kier molecular flexibility index (Phi) is 4.17. The van der Waals surface area contributed by atoms with Gasteiger partial charge in [-0.3, -0.25) is 4.98 Å². The number of aliphatic hydroxyl groups is 1. The molecule has 0 amide bonds. The monoisotopic (exact) mass is 325 g/mol. The van der Waals surface area contributed by atoms with Crippen LogP contribution in [0.15, 0.2) is 35.1 Å². The van der Waals surface area contributed by atoms with E-state index in [0.717, 1.165) is 4.47 Å². The van der Waals surface area contributed by atoms with E-state index in [1.54, 1.807) is 38.4 Å².